The molecule has 6 atom stereocenters. The van der Waals surface area contributed by atoms with Crippen LogP contribution in [0, 0.1) is 0 Å². The Morgan fingerprint density at radius 2 is 1.61 bits per heavy atom. The van der Waals surface area contributed by atoms with Crippen LogP contribution < -0.4 is 4.74 Å². The van der Waals surface area contributed by atoms with Gasteiger partial charge in [-0.25, -0.2) is 0 Å². The quantitative estimate of drug-likeness (QED) is 0.471. The topological polar surface area (TPSA) is 129 Å². The zero-order chi connectivity index (χ0) is 23.4. The Kier molecular flexibility index (Phi) is 7.85. The fourth-order valence-electron chi connectivity index (χ4n) is 4.33. The molecular weight excluding hydrogens is 428 g/mol. The van der Waals surface area contributed by atoms with E-state index in [1.807, 2.05) is 36.4 Å². The lowest BCUT2D eigenvalue weighted by Crippen LogP contribution is -2.59. The molecule has 3 heterocycles. The minimum atomic E-state index is -1.46. The van der Waals surface area contributed by atoms with Crippen molar-refractivity contribution in [3.05, 3.63) is 53.6 Å². The molecule has 0 saturated carbocycles. The molecule has 4 bridgehead atoms. The first-order valence-electron chi connectivity index (χ1n) is 11.5. The third kappa shape index (κ3) is 5.84. The average Bonchev–Trinajstić information content (AvgIpc) is 2.83. The molecule has 2 aromatic carbocycles. The van der Waals surface area contributed by atoms with Crippen molar-refractivity contribution in [2.24, 2.45) is 0 Å². The zero-order valence-corrected chi connectivity index (χ0v) is 18.4. The highest BCUT2D eigenvalue weighted by Crippen LogP contribution is 2.33. The Balaban J connectivity index is 1.49. The van der Waals surface area contributed by atoms with E-state index in [2.05, 4.69) is 0 Å². The third-order valence-corrected chi connectivity index (χ3v) is 6.35. The lowest BCUT2D eigenvalue weighted by molar-refractivity contribution is -0.312. The number of fused-ring (bicyclic) bond motifs is 8. The molecule has 8 nitrogen and oxygen atoms in total. The average molecular weight is 461 g/mol. The molecule has 0 unspecified atom stereocenters. The number of aliphatic hydroxyl groups excluding tert-OH is 4. The van der Waals surface area contributed by atoms with Crippen molar-refractivity contribution in [2.45, 2.75) is 75.3 Å². The number of rotatable bonds is 3. The summed E-state index contributed by atoms with van der Waals surface area (Å²) in [4.78, 5) is 0. The molecule has 33 heavy (non-hydrogen) atoms. The van der Waals surface area contributed by atoms with Gasteiger partial charge in [-0.1, -0.05) is 24.6 Å². The summed E-state index contributed by atoms with van der Waals surface area (Å²) in [5.41, 5.74) is 2.14. The van der Waals surface area contributed by atoms with Crippen LogP contribution in [0.3, 0.4) is 0 Å². The van der Waals surface area contributed by atoms with Crippen LogP contribution in [-0.2, 0) is 22.3 Å². The van der Waals surface area contributed by atoms with E-state index in [0.717, 1.165) is 36.8 Å². The van der Waals surface area contributed by atoms with E-state index in [1.54, 1.807) is 6.07 Å². The fraction of sp³-hybridized carbons (Fsp3) is 0.520. The normalized spacial score (nSPS) is 30.8. The maximum Gasteiger partial charge on any atom is 0.186 e. The number of hydrogen-bond acceptors (Lipinski definition) is 8. The molecule has 2 aromatic rings. The maximum atomic E-state index is 10.4. The summed E-state index contributed by atoms with van der Waals surface area (Å²) in [5, 5.41) is 50.0. The van der Waals surface area contributed by atoms with Crippen molar-refractivity contribution in [3.8, 4) is 17.2 Å². The van der Waals surface area contributed by atoms with E-state index in [1.165, 1.54) is 0 Å². The highest BCUT2D eigenvalue weighted by atomic mass is 16.7. The van der Waals surface area contributed by atoms with Gasteiger partial charge in [0.2, 0.25) is 0 Å². The predicted molar refractivity (Wildman–Crippen MR) is 119 cm³/mol. The van der Waals surface area contributed by atoms with Crippen molar-refractivity contribution in [3.63, 3.8) is 0 Å². The Bertz CT molecular complexity index is 900. The van der Waals surface area contributed by atoms with Gasteiger partial charge in [0.25, 0.3) is 0 Å². The van der Waals surface area contributed by atoms with Gasteiger partial charge >= 0.3 is 0 Å². The minimum absolute atomic E-state index is 0.0973. The van der Waals surface area contributed by atoms with E-state index in [4.69, 9.17) is 14.2 Å². The van der Waals surface area contributed by atoms with Crippen LogP contribution in [0.2, 0.25) is 0 Å². The van der Waals surface area contributed by atoms with Gasteiger partial charge in [0.05, 0.1) is 12.7 Å². The molecule has 1 fully saturated rings. The number of benzene rings is 2. The molecule has 1 saturated heterocycles. The van der Waals surface area contributed by atoms with Crippen molar-refractivity contribution >= 4 is 0 Å². The SMILES string of the molecule is OC[C@H]1O[C@@H](O[C@H]2CCCCc3ccc(O)c(c3)Oc3ccc(cc3)CC2)[C@H](O)[C@@H](O)[C@@H]1O. The fourth-order valence-corrected chi connectivity index (χ4v) is 4.33. The molecule has 0 radical (unpaired) electrons. The largest absolute Gasteiger partial charge is 0.504 e. The van der Waals surface area contributed by atoms with E-state index < -0.39 is 37.3 Å². The van der Waals surface area contributed by atoms with E-state index in [0.29, 0.717) is 24.3 Å². The Hall–Kier alpha value is -2.20. The number of aliphatic hydroxyl groups is 4. The first-order valence-corrected chi connectivity index (χ1v) is 11.5. The van der Waals surface area contributed by atoms with Gasteiger partial charge in [-0.2, -0.15) is 0 Å². The number of ether oxygens (including phenoxy) is 3. The summed E-state index contributed by atoms with van der Waals surface area (Å²) < 4.78 is 17.5. The summed E-state index contributed by atoms with van der Waals surface area (Å²) in [5.74, 6) is 1.16. The molecule has 0 aliphatic carbocycles. The molecule has 180 valence electrons. The first-order chi connectivity index (χ1) is 15.9. The Labute approximate surface area is 193 Å². The summed E-state index contributed by atoms with van der Waals surface area (Å²) >= 11 is 0. The number of phenols is 1. The van der Waals surface area contributed by atoms with Crippen LogP contribution in [0.4, 0.5) is 0 Å². The zero-order valence-electron chi connectivity index (χ0n) is 18.4. The second-order valence-electron chi connectivity index (χ2n) is 8.79. The Morgan fingerprint density at radius 3 is 2.36 bits per heavy atom. The van der Waals surface area contributed by atoms with Gasteiger partial charge in [0.1, 0.15) is 30.2 Å². The van der Waals surface area contributed by atoms with Crippen molar-refractivity contribution in [1.82, 2.24) is 0 Å². The van der Waals surface area contributed by atoms with E-state index in [-0.39, 0.29) is 11.9 Å². The van der Waals surface area contributed by atoms with Crippen LogP contribution in [-0.4, -0.2) is 68.9 Å². The third-order valence-electron chi connectivity index (χ3n) is 6.35. The van der Waals surface area contributed by atoms with Crippen molar-refractivity contribution in [2.75, 3.05) is 6.61 Å². The second-order valence-corrected chi connectivity index (χ2v) is 8.79. The number of hydrogen-bond donors (Lipinski definition) is 5. The predicted octanol–water partition coefficient (Wildman–Crippen LogP) is 2.03. The number of aryl methyl sites for hydroxylation is 2. The highest BCUT2D eigenvalue weighted by molar-refractivity contribution is 5.45. The molecule has 5 rings (SSSR count). The molecule has 5 N–H and O–H groups in total. The standard InChI is InChI=1S/C25H32O8/c26-14-21-22(28)23(29)24(30)25(33-21)32-17-4-2-1-3-16-8-12-19(27)20(13-16)31-18-10-6-15(5-9-17)7-11-18/h6-8,10-13,17,21-30H,1-5,9,14H2/t17-,21+,22+,23-,24+,25+/m0/s1. The first kappa shape index (κ1) is 23.9. The van der Waals surface area contributed by atoms with Crippen molar-refractivity contribution < 1.29 is 39.7 Å². The smallest absolute Gasteiger partial charge is 0.186 e. The molecule has 0 amide bonds. The van der Waals surface area contributed by atoms with Crippen molar-refractivity contribution in [1.29, 1.82) is 0 Å². The lowest BCUT2D eigenvalue weighted by atomic mass is 9.98. The molecular formula is C25H32O8. The van der Waals surface area contributed by atoms with Crippen LogP contribution in [0.5, 0.6) is 17.2 Å². The molecule has 8 heteroatoms. The van der Waals surface area contributed by atoms with Crippen LogP contribution in [0.15, 0.2) is 42.5 Å². The van der Waals surface area contributed by atoms with Gasteiger partial charge in [0, 0.05) is 0 Å². The Morgan fingerprint density at radius 1 is 0.848 bits per heavy atom. The van der Waals surface area contributed by atoms with E-state index in [9.17, 15) is 25.5 Å². The monoisotopic (exact) mass is 460 g/mol. The van der Waals surface area contributed by atoms with Crippen LogP contribution in [0.1, 0.15) is 36.8 Å². The van der Waals surface area contributed by atoms with Crippen LogP contribution in [0.25, 0.3) is 0 Å². The number of phenolic OH excluding ortho intramolecular Hbond substituents is 1. The lowest BCUT2D eigenvalue weighted by Gasteiger charge is -2.41. The molecule has 3 aliphatic heterocycles. The second kappa shape index (κ2) is 10.8. The maximum absolute atomic E-state index is 10.4. The molecule has 0 spiro atoms. The summed E-state index contributed by atoms with van der Waals surface area (Å²) in [6.45, 7) is -0.488. The highest BCUT2D eigenvalue weighted by Gasteiger charge is 2.44. The summed E-state index contributed by atoms with van der Waals surface area (Å²) in [6.07, 6.45) is -1.99. The van der Waals surface area contributed by atoms with Gasteiger partial charge in [0.15, 0.2) is 17.8 Å². The molecule has 0 aromatic heterocycles. The van der Waals surface area contributed by atoms with Gasteiger partial charge in [-0.05, 0) is 67.5 Å². The van der Waals surface area contributed by atoms with Crippen LogP contribution >= 0.6 is 0 Å². The summed E-state index contributed by atoms with van der Waals surface area (Å²) in [7, 11) is 0. The minimum Gasteiger partial charge on any atom is -0.504 e. The number of aromatic hydroxyl groups is 1. The summed E-state index contributed by atoms with van der Waals surface area (Å²) in [6, 6.07) is 13.0. The van der Waals surface area contributed by atoms with Gasteiger partial charge < -0.3 is 39.7 Å². The van der Waals surface area contributed by atoms with Gasteiger partial charge in [-0.3, -0.25) is 0 Å². The van der Waals surface area contributed by atoms with E-state index >= 15 is 0 Å². The molecule has 3 aliphatic rings. The van der Waals surface area contributed by atoms with Gasteiger partial charge in [-0.15, -0.1) is 0 Å².